The van der Waals surface area contributed by atoms with Crippen molar-refractivity contribution in [3.8, 4) is 11.5 Å². The smallest absolute Gasteiger partial charge is 0.176 e. The van der Waals surface area contributed by atoms with Crippen LogP contribution in [0.2, 0.25) is 0 Å². The molecule has 8 heteroatoms. The van der Waals surface area contributed by atoms with Crippen LogP contribution >= 0.6 is 12.2 Å². The molecule has 4 rings (SSSR count). The number of fused-ring (bicyclic) bond motifs is 1. The Balaban J connectivity index is 1.55. The molecule has 0 saturated carbocycles. The second-order valence-corrected chi connectivity index (χ2v) is 8.65. The van der Waals surface area contributed by atoms with Gasteiger partial charge in [0.25, 0.3) is 0 Å². The number of piperidine rings is 1. The number of ether oxygens (including phenoxy) is 2. The summed E-state index contributed by atoms with van der Waals surface area (Å²) in [6.45, 7) is 6.32. The van der Waals surface area contributed by atoms with Gasteiger partial charge in [0.2, 0.25) is 0 Å². The molecule has 0 bridgehead atoms. The van der Waals surface area contributed by atoms with Gasteiger partial charge in [-0.1, -0.05) is 25.1 Å². The summed E-state index contributed by atoms with van der Waals surface area (Å²) in [6, 6.07) is 11.9. The first-order chi connectivity index (χ1) is 16.1. The summed E-state index contributed by atoms with van der Waals surface area (Å²) >= 11 is 5.56. The van der Waals surface area contributed by atoms with E-state index >= 15 is 0 Å². The van der Waals surface area contributed by atoms with E-state index in [1.54, 1.807) is 7.11 Å². The van der Waals surface area contributed by atoms with E-state index in [9.17, 15) is 0 Å². The monoisotopic (exact) mass is 465 g/mol. The van der Waals surface area contributed by atoms with Gasteiger partial charge < -0.3 is 25.4 Å². The van der Waals surface area contributed by atoms with Crippen molar-refractivity contribution in [2.45, 2.75) is 39.2 Å². The number of anilines is 2. The third-order valence-electron chi connectivity index (χ3n) is 6.16. The molecule has 0 spiro atoms. The Morgan fingerprint density at radius 1 is 1.15 bits per heavy atom. The number of hydrogen-bond acceptors (Lipinski definition) is 6. The molecule has 7 nitrogen and oxygen atoms in total. The number of aromatic nitrogens is 2. The summed E-state index contributed by atoms with van der Waals surface area (Å²) in [5.74, 6) is 2.47. The number of benzene rings is 2. The van der Waals surface area contributed by atoms with Gasteiger partial charge in [-0.15, -0.1) is 0 Å². The highest BCUT2D eigenvalue weighted by molar-refractivity contribution is 7.80. The molecule has 33 heavy (non-hydrogen) atoms. The summed E-state index contributed by atoms with van der Waals surface area (Å²) in [7, 11) is 1.65. The zero-order valence-electron chi connectivity index (χ0n) is 19.4. The van der Waals surface area contributed by atoms with Crippen LogP contribution in [0.15, 0.2) is 42.7 Å². The quantitative estimate of drug-likeness (QED) is 0.430. The fraction of sp³-hybridized carbons (Fsp3) is 0.400. The lowest BCUT2D eigenvalue weighted by atomic mass is 9.93. The molecular formula is C25H31N5O2S. The number of nitrogens with one attached hydrogen (secondary N) is 3. The molecule has 0 aliphatic carbocycles. The van der Waals surface area contributed by atoms with Gasteiger partial charge in [-0.3, -0.25) is 0 Å². The molecule has 1 aliphatic heterocycles. The first-order valence-electron chi connectivity index (χ1n) is 11.4. The van der Waals surface area contributed by atoms with E-state index < -0.39 is 0 Å². The summed E-state index contributed by atoms with van der Waals surface area (Å²) in [5.41, 5.74) is 2.94. The van der Waals surface area contributed by atoms with Crippen molar-refractivity contribution in [2.75, 3.05) is 30.8 Å². The summed E-state index contributed by atoms with van der Waals surface area (Å²) in [4.78, 5) is 8.87. The van der Waals surface area contributed by atoms with Crippen LogP contribution in [-0.4, -0.2) is 41.4 Å². The van der Waals surface area contributed by atoms with E-state index in [0.29, 0.717) is 28.3 Å². The molecule has 3 N–H and O–H groups in total. The summed E-state index contributed by atoms with van der Waals surface area (Å²) in [5, 5.41) is 11.2. The maximum atomic E-state index is 6.34. The Bertz CT molecular complexity index is 1120. The average molecular weight is 466 g/mol. The van der Waals surface area contributed by atoms with Gasteiger partial charge in [-0.2, -0.15) is 0 Å². The lowest BCUT2D eigenvalue weighted by Gasteiger charge is -2.29. The minimum Gasteiger partial charge on any atom is -0.493 e. The minimum absolute atomic E-state index is 0.0910. The Morgan fingerprint density at radius 2 is 1.94 bits per heavy atom. The van der Waals surface area contributed by atoms with Crippen LogP contribution in [0.5, 0.6) is 11.5 Å². The van der Waals surface area contributed by atoms with E-state index in [-0.39, 0.29) is 6.10 Å². The van der Waals surface area contributed by atoms with E-state index in [1.807, 2.05) is 30.3 Å². The second-order valence-electron chi connectivity index (χ2n) is 8.24. The summed E-state index contributed by atoms with van der Waals surface area (Å²) in [6.07, 6.45) is 4.75. The molecule has 3 aromatic rings. The Morgan fingerprint density at radius 3 is 2.70 bits per heavy atom. The van der Waals surface area contributed by atoms with Crippen LogP contribution in [0, 0.1) is 5.92 Å². The number of nitrogens with zero attached hydrogens (tertiary/aromatic N) is 2. The van der Waals surface area contributed by atoms with Crippen LogP contribution in [-0.2, 0) is 6.42 Å². The van der Waals surface area contributed by atoms with E-state index in [4.69, 9.17) is 21.7 Å². The Kier molecular flexibility index (Phi) is 7.57. The molecule has 1 aromatic heterocycles. The molecule has 1 atom stereocenters. The zero-order valence-corrected chi connectivity index (χ0v) is 20.2. The SMILES string of the molecule is CCc1ccccc1NC(=S)Nc1ncnc2cc(OC(C)C3CCNCC3)c(OC)cc12. The number of hydrogen-bond donors (Lipinski definition) is 3. The molecule has 0 radical (unpaired) electrons. The number of rotatable bonds is 7. The van der Waals surface area contributed by atoms with Gasteiger partial charge in [-0.05, 0) is 75.1 Å². The third kappa shape index (κ3) is 5.51. The lowest BCUT2D eigenvalue weighted by Crippen LogP contribution is -2.35. The topological polar surface area (TPSA) is 80.3 Å². The van der Waals surface area contributed by atoms with Crippen molar-refractivity contribution in [1.82, 2.24) is 15.3 Å². The van der Waals surface area contributed by atoms with E-state index in [1.165, 1.54) is 11.9 Å². The first kappa shape index (κ1) is 23.2. The van der Waals surface area contributed by atoms with Crippen molar-refractivity contribution in [3.05, 3.63) is 48.3 Å². The zero-order chi connectivity index (χ0) is 23.2. The van der Waals surface area contributed by atoms with Crippen LogP contribution in [0.1, 0.15) is 32.3 Å². The van der Waals surface area contributed by atoms with Crippen molar-refractivity contribution >= 4 is 39.7 Å². The normalized spacial score (nSPS) is 15.1. The van der Waals surface area contributed by atoms with Crippen molar-refractivity contribution in [3.63, 3.8) is 0 Å². The summed E-state index contributed by atoms with van der Waals surface area (Å²) < 4.78 is 12.0. The fourth-order valence-corrected chi connectivity index (χ4v) is 4.44. The second kappa shape index (κ2) is 10.8. The molecule has 1 fully saturated rings. The molecule has 174 valence electrons. The largest absolute Gasteiger partial charge is 0.493 e. The molecule has 2 aromatic carbocycles. The van der Waals surface area contributed by atoms with E-state index in [2.05, 4.69) is 45.8 Å². The molecule has 1 saturated heterocycles. The van der Waals surface area contributed by atoms with Gasteiger partial charge in [0, 0.05) is 17.1 Å². The predicted molar refractivity (Wildman–Crippen MR) is 137 cm³/mol. The standard InChI is InChI=1S/C25H31N5O2S/c1-4-17-7-5-6-8-20(17)29-25(33)30-24-19-13-22(31-3)23(14-21(19)27-15-28-24)32-16(2)18-9-11-26-12-10-18/h5-8,13-16,18,26H,4,9-12H2,1-3H3,(H2,27,28,29,30,33). The molecular weight excluding hydrogens is 434 g/mol. The lowest BCUT2D eigenvalue weighted by molar-refractivity contribution is 0.124. The predicted octanol–water partition coefficient (Wildman–Crippen LogP) is 4.78. The van der Waals surface area contributed by atoms with E-state index in [0.717, 1.165) is 48.9 Å². The van der Waals surface area contributed by atoms with Crippen LogP contribution in [0.3, 0.4) is 0 Å². The highest BCUT2D eigenvalue weighted by atomic mass is 32.1. The number of aryl methyl sites for hydroxylation is 1. The van der Waals surface area contributed by atoms with Crippen molar-refractivity contribution in [1.29, 1.82) is 0 Å². The maximum absolute atomic E-state index is 6.34. The van der Waals surface area contributed by atoms with Gasteiger partial charge in [0.15, 0.2) is 16.6 Å². The first-order valence-corrected chi connectivity index (χ1v) is 11.9. The average Bonchev–Trinajstić information content (AvgIpc) is 2.84. The van der Waals surface area contributed by atoms with Crippen LogP contribution in [0.4, 0.5) is 11.5 Å². The number of methoxy groups -OCH3 is 1. The minimum atomic E-state index is 0.0910. The van der Waals surface area contributed by atoms with Crippen LogP contribution in [0.25, 0.3) is 10.9 Å². The van der Waals surface area contributed by atoms with Gasteiger partial charge in [0.05, 0.1) is 18.7 Å². The highest BCUT2D eigenvalue weighted by Gasteiger charge is 2.23. The van der Waals surface area contributed by atoms with Gasteiger partial charge >= 0.3 is 0 Å². The Labute approximate surface area is 200 Å². The fourth-order valence-electron chi connectivity index (χ4n) is 4.24. The maximum Gasteiger partial charge on any atom is 0.176 e. The highest BCUT2D eigenvalue weighted by Crippen LogP contribution is 2.36. The molecule has 1 unspecified atom stereocenters. The molecule has 2 heterocycles. The van der Waals surface area contributed by atoms with Gasteiger partial charge in [-0.25, -0.2) is 9.97 Å². The number of thiocarbonyl (C=S) groups is 1. The number of para-hydroxylation sites is 1. The van der Waals surface area contributed by atoms with Gasteiger partial charge in [0.1, 0.15) is 12.1 Å². The molecule has 0 amide bonds. The van der Waals surface area contributed by atoms with Crippen molar-refractivity contribution in [2.24, 2.45) is 5.92 Å². The third-order valence-corrected chi connectivity index (χ3v) is 6.36. The van der Waals surface area contributed by atoms with Crippen LogP contribution < -0.4 is 25.4 Å². The molecule has 1 aliphatic rings. The Hall–Kier alpha value is -2.97. The van der Waals surface area contributed by atoms with Crippen molar-refractivity contribution < 1.29 is 9.47 Å².